The Kier molecular flexibility index (Phi) is 6.22. The van der Waals surface area contributed by atoms with Crippen LogP contribution >= 0.6 is 0 Å². The van der Waals surface area contributed by atoms with Crippen LogP contribution in [-0.2, 0) is 4.74 Å². The molecule has 1 unspecified atom stereocenters. The molecule has 0 heterocycles. The second-order valence-electron chi connectivity index (χ2n) is 4.62. The van der Waals surface area contributed by atoms with Crippen molar-refractivity contribution >= 4 is 0 Å². The van der Waals surface area contributed by atoms with Crippen molar-refractivity contribution in [1.82, 2.24) is 10.2 Å². The molecular weight excluding hydrogens is 188 g/mol. The Labute approximate surface area is 94.2 Å². The van der Waals surface area contributed by atoms with Crippen LogP contribution in [0, 0.1) is 0 Å². The first-order chi connectivity index (χ1) is 7.29. The molecule has 0 aromatic rings. The van der Waals surface area contributed by atoms with E-state index in [0.29, 0.717) is 6.04 Å². The molecule has 0 spiro atoms. The van der Waals surface area contributed by atoms with Gasteiger partial charge in [-0.3, -0.25) is 4.90 Å². The van der Waals surface area contributed by atoms with Gasteiger partial charge in [-0.15, -0.1) is 0 Å². The van der Waals surface area contributed by atoms with E-state index in [4.69, 9.17) is 4.74 Å². The van der Waals surface area contributed by atoms with Crippen molar-refractivity contribution in [2.75, 3.05) is 34.4 Å². The average Bonchev–Trinajstić information content (AvgIpc) is 2.29. The summed E-state index contributed by atoms with van der Waals surface area (Å²) in [5.74, 6) is 0. The summed E-state index contributed by atoms with van der Waals surface area (Å²) in [7, 11) is 6.05. The Morgan fingerprint density at radius 1 is 1.33 bits per heavy atom. The summed E-state index contributed by atoms with van der Waals surface area (Å²) in [6.07, 6.45) is 6.94. The number of methoxy groups -OCH3 is 1. The first-order valence-corrected chi connectivity index (χ1v) is 6.15. The smallest absolute Gasteiger partial charge is 0.0630 e. The van der Waals surface area contributed by atoms with Crippen molar-refractivity contribution in [3.63, 3.8) is 0 Å². The van der Waals surface area contributed by atoms with E-state index in [0.717, 1.165) is 19.2 Å². The number of ether oxygens (including phenoxy) is 1. The molecule has 1 saturated carbocycles. The third kappa shape index (κ3) is 4.09. The topological polar surface area (TPSA) is 24.5 Å². The van der Waals surface area contributed by atoms with Gasteiger partial charge in [0, 0.05) is 25.7 Å². The van der Waals surface area contributed by atoms with Crippen LogP contribution in [0.1, 0.15) is 32.1 Å². The molecule has 0 aromatic carbocycles. The monoisotopic (exact) mass is 214 g/mol. The number of rotatable bonds is 6. The highest BCUT2D eigenvalue weighted by atomic mass is 16.5. The Morgan fingerprint density at radius 2 is 2.00 bits per heavy atom. The Bertz CT molecular complexity index is 152. The van der Waals surface area contributed by atoms with Crippen LogP contribution in [0.2, 0.25) is 0 Å². The zero-order valence-electron chi connectivity index (χ0n) is 10.5. The molecule has 15 heavy (non-hydrogen) atoms. The third-order valence-electron chi connectivity index (χ3n) is 3.53. The number of nitrogens with one attached hydrogen (secondary N) is 1. The van der Waals surface area contributed by atoms with Crippen molar-refractivity contribution in [2.24, 2.45) is 0 Å². The Morgan fingerprint density at radius 3 is 2.53 bits per heavy atom. The molecule has 90 valence electrons. The number of likely N-dealkylation sites (N-methyl/N-ethyl adjacent to an activating group) is 2. The van der Waals surface area contributed by atoms with Gasteiger partial charge in [0.1, 0.15) is 0 Å². The lowest BCUT2D eigenvalue weighted by Crippen LogP contribution is -2.48. The summed E-state index contributed by atoms with van der Waals surface area (Å²) in [6.45, 7) is 1.84. The summed E-state index contributed by atoms with van der Waals surface area (Å²) in [5, 5.41) is 3.25. The molecule has 1 rings (SSSR count). The summed E-state index contributed by atoms with van der Waals surface area (Å²) < 4.78 is 5.29. The van der Waals surface area contributed by atoms with E-state index >= 15 is 0 Å². The van der Waals surface area contributed by atoms with Gasteiger partial charge in [0.15, 0.2) is 0 Å². The Hall–Kier alpha value is -0.120. The van der Waals surface area contributed by atoms with E-state index in [1.807, 2.05) is 7.05 Å². The summed E-state index contributed by atoms with van der Waals surface area (Å²) in [5.41, 5.74) is 0. The number of hydrogen-bond acceptors (Lipinski definition) is 3. The van der Waals surface area contributed by atoms with Gasteiger partial charge in [-0.2, -0.15) is 0 Å². The maximum Gasteiger partial charge on any atom is 0.0630 e. The van der Waals surface area contributed by atoms with Crippen molar-refractivity contribution < 1.29 is 4.74 Å². The predicted molar refractivity (Wildman–Crippen MR) is 64.2 cm³/mol. The minimum absolute atomic E-state index is 0.517. The van der Waals surface area contributed by atoms with Gasteiger partial charge in [0.05, 0.1) is 6.61 Å². The van der Waals surface area contributed by atoms with E-state index in [1.54, 1.807) is 7.11 Å². The molecule has 3 nitrogen and oxygen atoms in total. The van der Waals surface area contributed by atoms with E-state index in [9.17, 15) is 0 Å². The molecule has 1 atom stereocenters. The lowest BCUT2D eigenvalue weighted by atomic mass is 9.93. The molecular formula is C12H26N2O. The average molecular weight is 214 g/mol. The second-order valence-corrected chi connectivity index (χ2v) is 4.62. The first kappa shape index (κ1) is 12.9. The van der Waals surface area contributed by atoms with Crippen molar-refractivity contribution in [2.45, 2.75) is 44.2 Å². The minimum atomic E-state index is 0.517. The minimum Gasteiger partial charge on any atom is -0.383 e. The fourth-order valence-corrected chi connectivity index (χ4v) is 2.53. The molecule has 0 radical (unpaired) electrons. The van der Waals surface area contributed by atoms with Crippen LogP contribution in [0.15, 0.2) is 0 Å². The quantitative estimate of drug-likeness (QED) is 0.725. The molecule has 1 N–H and O–H groups in total. The second kappa shape index (κ2) is 7.20. The molecule has 1 fully saturated rings. The fourth-order valence-electron chi connectivity index (χ4n) is 2.53. The van der Waals surface area contributed by atoms with Crippen LogP contribution in [0.4, 0.5) is 0 Å². The lowest BCUT2D eigenvalue weighted by molar-refractivity contribution is 0.0673. The highest BCUT2D eigenvalue weighted by molar-refractivity contribution is 4.80. The van der Waals surface area contributed by atoms with Gasteiger partial charge < -0.3 is 10.1 Å². The van der Waals surface area contributed by atoms with Crippen LogP contribution in [-0.4, -0.2) is 51.3 Å². The van der Waals surface area contributed by atoms with Crippen LogP contribution in [0.5, 0.6) is 0 Å². The zero-order chi connectivity index (χ0) is 11.1. The summed E-state index contributed by atoms with van der Waals surface area (Å²) in [4.78, 5) is 2.51. The SMILES string of the molecule is CNCC(COC)N(C)C1CCCCC1. The van der Waals surface area contributed by atoms with Crippen LogP contribution in [0.25, 0.3) is 0 Å². The van der Waals surface area contributed by atoms with Gasteiger partial charge in [-0.1, -0.05) is 19.3 Å². The molecule has 3 heteroatoms. The first-order valence-electron chi connectivity index (χ1n) is 6.15. The predicted octanol–water partition coefficient (Wildman–Crippen LogP) is 1.49. The highest BCUT2D eigenvalue weighted by Crippen LogP contribution is 2.22. The van der Waals surface area contributed by atoms with Crippen LogP contribution < -0.4 is 5.32 Å². The standard InChI is InChI=1S/C12H26N2O/c1-13-9-12(10-15-3)14(2)11-7-5-4-6-8-11/h11-13H,4-10H2,1-3H3. The third-order valence-corrected chi connectivity index (χ3v) is 3.53. The molecule has 1 aliphatic rings. The summed E-state index contributed by atoms with van der Waals surface area (Å²) >= 11 is 0. The van der Waals surface area contributed by atoms with Gasteiger partial charge in [0.2, 0.25) is 0 Å². The molecule has 0 bridgehead atoms. The Balaban J connectivity index is 2.41. The lowest BCUT2D eigenvalue weighted by Gasteiger charge is -2.36. The van der Waals surface area contributed by atoms with Crippen molar-refractivity contribution in [3.8, 4) is 0 Å². The normalized spacial score (nSPS) is 20.8. The molecule has 0 aliphatic heterocycles. The number of hydrogen-bond donors (Lipinski definition) is 1. The van der Waals surface area contributed by atoms with Gasteiger partial charge in [-0.25, -0.2) is 0 Å². The largest absolute Gasteiger partial charge is 0.383 e. The van der Waals surface area contributed by atoms with Crippen molar-refractivity contribution in [3.05, 3.63) is 0 Å². The van der Waals surface area contributed by atoms with Gasteiger partial charge >= 0.3 is 0 Å². The maximum absolute atomic E-state index is 5.29. The van der Waals surface area contributed by atoms with E-state index in [2.05, 4.69) is 17.3 Å². The molecule has 0 amide bonds. The zero-order valence-corrected chi connectivity index (χ0v) is 10.5. The van der Waals surface area contributed by atoms with E-state index < -0.39 is 0 Å². The number of nitrogens with zero attached hydrogens (tertiary/aromatic N) is 1. The molecule has 0 aromatic heterocycles. The van der Waals surface area contributed by atoms with Gasteiger partial charge in [0.25, 0.3) is 0 Å². The highest BCUT2D eigenvalue weighted by Gasteiger charge is 2.23. The van der Waals surface area contributed by atoms with Crippen LogP contribution in [0.3, 0.4) is 0 Å². The van der Waals surface area contributed by atoms with Gasteiger partial charge in [-0.05, 0) is 26.9 Å². The fraction of sp³-hybridized carbons (Fsp3) is 1.00. The van der Waals surface area contributed by atoms with E-state index in [1.165, 1.54) is 32.1 Å². The van der Waals surface area contributed by atoms with Crippen molar-refractivity contribution in [1.29, 1.82) is 0 Å². The summed E-state index contributed by atoms with van der Waals surface area (Å²) in [6, 6.07) is 1.29. The van der Waals surface area contributed by atoms with E-state index in [-0.39, 0.29) is 0 Å². The molecule has 1 aliphatic carbocycles. The molecule has 0 saturated heterocycles. The maximum atomic E-state index is 5.29.